The summed E-state index contributed by atoms with van der Waals surface area (Å²) in [5.41, 5.74) is 7.95. The number of aromatic amines is 1. The molecule has 2 aromatic rings. The predicted molar refractivity (Wildman–Crippen MR) is 93.1 cm³/mol. The predicted octanol–water partition coefficient (Wildman–Crippen LogP) is 1.87. The number of hydrogen-bond acceptors (Lipinski definition) is 3. The lowest BCUT2D eigenvalue weighted by atomic mass is 10.1. The molecule has 2 aliphatic rings. The number of benzene rings is 1. The van der Waals surface area contributed by atoms with Gasteiger partial charge in [-0.3, -0.25) is 9.36 Å². The van der Waals surface area contributed by atoms with E-state index in [1.165, 1.54) is 12.8 Å². The van der Waals surface area contributed by atoms with Crippen LogP contribution in [0.5, 0.6) is 0 Å². The molecule has 1 saturated heterocycles. The fourth-order valence-corrected chi connectivity index (χ4v) is 4.18. The molecular formula is C18H24N4O2. The summed E-state index contributed by atoms with van der Waals surface area (Å²) in [6.07, 6.45) is 5.44. The van der Waals surface area contributed by atoms with Crippen molar-refractivity contribution in [2.45, 2.75) is 38.1 Å². The van der Waals surface area contributed by atoms with Gasteiger partial charge in [-0.2, -0.15) is 0 Å². The molecule has 1 aliphatic carbocycles. The van der Waals surface area contributed by atoms with Gasteiger partial charge in [0, 0.05) is 24.7 Å². The first-order valence-corrected chi connectivity index (χ1v) is 8.91. The molecule has 128 valence electrons. The van der Waals surface area contributed by atoms with E-state index < -0.39 is 0 Å². The topological polar surface area (TPSA) is 84.1 Å². The Morgan fingerprint density at radius 1 is 1.25 bits per heavy atom. The van der Waals surface area contributed by atoms with Gasteiger partial charge in [-0.25, -0.2) is 4.79 Å². The smallest absolute Gasteiger partial charge is 0.326 e. The van der Waals surface area contributed by atoms with Crippen molar-refractivity contribution >= 4 is 16.9 Å². The number of nitrogens with one attached hydrogen (secondary N) is 1. The van der Waals surface area contributed by atoms with E-state index in [-0.39, 0.29) is 17.6 Å². The zero-order chi connectivity index (χ0) is 16.7. The highest BCUT2D eigenvalue weighted by Gasteiger charge is 2.27. The number of nitrogens with zero attached hydrogens (tertiary/aromatic N) is 2. The number of nitrogens with two attached hydrogens (primary N) is 1. The quantitative estimate of drug-likeness (QED) is 0.902. The molecule has 6 nitrogen and oxygen atoms in total. The van der Waals surface area contributed by atoms with Gasteiger partial charge >= 0.3 is 5.69 Å². The van der Waals surface area contributed by atoms with Crippen LogP contribution in [0, 0.1) is 5.92 Å². The van der Waals surface area contributed by atoms with Gasteiger partial charge in [0.1, 0.15) is 0 Å². The zero-order valence-electron chi connectivity index (χ0n) is 13.8. The second kappa shape index (κ2) is 6.09. The highest BCUT2D eigenvalue weighted by atomic mass is 16.2. The summed E-state index contributed by atoms with van der Waals surface area (Å²) in [7, 11) is 0. The first kappa shape index (κ1) is 15.4. The minimum Gasteiger partial charge on any atom is -0.338 e. The van der Waals surface area contributed by atoms with E-state index >= 15 is 0 Å². The molecule has 1 aliphatic heterocycles. The molecule has 4 rings (SSSR count). The van der Waals surface area contributed by atoms with Crippen molar-refractivity contribution in [2.24, 2.45) is 11.7 Å². The highest BCUT2D eigenvalue weighted by molar-refractivity contribution is 5.97. The lowest BCUT2D eigenvalue weighted by Crippen LogP contribution is -2.29. The van der Waals surface area contributed by atoms with Crippen LogP contribution in [-0.4, -0.2) is 40.0 Å². The van der Waals surface area contributed by atoms with Crippen molar-refractivity contribution < 1.29 is 4.79 Å². The minimum absolute atomic E-state index is 0.0299. The number of hydrogen-bond donors (Lipinski definition) is 2. The van der Waals surface area contributed by atoms with E-state index in [0.29, 0.717) is 18.0 Å². The second-order valence-electron chi connectivity index (χ2n) is 7.11. The van der Waals surface area contributed by atoms with E-state index in [4.69, 9.17) is 5.73 Å². The fraction of sp³-hybridized carbons (Fsp3) is 0.556. The standard InChI is InChI=1S/C18H24N4O2/c19-10-12-7-8-21(11-12)17(23)13-5-6-16-15(9-13)20-18(24)22(16)14-3-1-2-4-14/h5-6,9,12,14H,1-4,7-8,10-11,19H2,(H,20,24). The number of fused-ring (bicyclic) bond motifs is 1. The van der Waals surface area contributed by atoms with E-state index in [2.05, 4.69) is 4.98 Å². The van der Waals surface area contributed by atoms with Crippen molar-refractivity contribution in [3.63, 3.8) is 0 Å². The van der Waals surface area contributed by atoms with Crippen molar-refractivity contribution in [1.29, 1.82) is 0 Å². The van der Waals surface area contributed by atoms with Gasteiger partial charge in [-0.15, -0.1) is 0 Å². The van der Waals surface area contributed by atoms with Crippen LogP contribution in [0.3, 0.4) is 0 Å². The van der Waals surface area contributed by atoms with E-state index in [0.717, 1.165) is 43.4 Å². The monoisotopic (exact) mass is 328 g/mol. The van der Waals surface area contributed by atoms with Crippen molar-refractivity contribution in [3.05, 3.63) is 34.2 Å². The third-order valence-electron chi connectivity index (χ3n) is 5.56. The molecule has 0 spiro atoms. The summed E-state index contributed by atoms with van der Waals surface area (Å²) in [5.74, 6) is 0.434. The number of aromatic nitrogens is 2. The van der Waals surface area contributed by atoms with Gasteiger partial charge in [0.2, 0.25) is 0 Å². The Morgan fingerprint density at radius 3 is 2.75 bits per heavy atom. The van der Waals surface area contributed by atoms with Crippen LogP contribution in [0.25, 0.3) is 11.0 Å². The number of amides is 1. The normalized spacial score (nSPS) is 21.9. The molecule has 1 amide bonds. The number of imidazole rings is 1. The Labute approximate surface area is 140 Å². The summed E-state index contributed by atoms with van der Waals surface area (Å²) in [4.78, 5) is 29.8. The van der Waals surface area contributed by atoms with Crippen LogP contribution in [0.4, 0.5) is 0 Å². The average molecular weight is 328 g/mol. The van der Waals surface area contributed by atoms with Crippen molar-refractivity contribution in [1.82, 2.24) is 14.5 Å². The SMILES string of the molecule is NCC1CCN(C(=O)c2ccc3c(c2)[nH]c(=O)n3C2CCCC2)C1. The summed E-state index contributed by atoms with van der Waals surface area (Å²) in [6.45, 7) is 2.12. The second-order valence-corrected chi connectivity index (χ2v) is 7.11. The summed E-state index contributed by atoms with van der Waals surface area (Å²) in [5, 5.41) is 0. The third kappa shape index (κ3) is 2.55. The molecule has 1 atom stereocenters. The average Bonchev–Trinajstić information content (AvgIpc) is 3.31. The van der Waals surface area contributed by atoms with Gasteiger partial charge in [0.05, 0.1) is 11.0 Å². The third-order valence-corrected chi connectivity index (χ3v) is 5.56. The maximum Gasteiger partial charge on any atom is 0.326 e. The van der Waals surface area contributed by atoms with Crippen LogP contribution in [0.15, 0.2) is 23.0 Å². The van der Waals surface area contributed by atoms with Crippen LogP contribution >= 0.6 is 0 Å². The highest BCUT2D eigenvalue weighted by Crippen LogP contribution is 2.31. The number of carbonyl (C=O) groups is 1. The van der Waals surface area contributed by atoms with Crippen LogP contribution in [0.2, 0.25) is 0 Å². The Hall–Kier alpha value is -2.08. The molecule has 0 radical (unpaired) electrons. The molecule has 1 aromatic heterocycles. The summed E-state index contributed by atoms with van der Waals surface area (Å²) in [6, 6.07) is 5.87. The lowest BCUT2D eigenvalue weighted by Gasteiger charge is -2.16. The number of carbonyl (C=O) groups excluding carboxylic acids is 1. The molecule has 2 fully saturated rings. The van der Waals surface area contributed by atoms with E-state index in [1.54, 1.807) is 0 Å². The van der Waals surface area contributed by atoms with Crippen molar-refractivity contribution in [2.75, 3.05) is 19.6 Å². The largest absolute Gasteiger partial charge is 0.338 e. The van der Waals surface area contributed by atoms with Crippen molar-refractivity contribution in [3.8, 4) is 0 Å². The van der Waals surface area contributed by atoms with E-state index in [9.17, 15) is 9.59 Å². The molecule has 2 heterocycles. The molecule has 0 bridgehead atoms. The number of likely N-dealkylation sites (tertiary alicyclic amines) is 1. The Kier molecular flexibility index (Phi) is 3.92. The fourth-order valence-electron chi connectivity index (χ4n) is 4.18. The maximum atomic E-state index is 12.7. The lowest BCUT2D eigenvalue weighted by molar-refractivity contribution is 0.0788. The number of H-pyrrole nitrogens is 1. The Balaban J connectivity index is 1.64. The summed E-state index contributed by atoms with van der Waals surface area (Å²) < 4.78 is 1.87. The molecule has 1 aromatic carbocycles. The maximum absolute atomic E-state index is 12.7. The van der Waals surface area contributed by atoms with Crippen LogP contribution in [0.1, 0.15) is 48.5 Å². The van der Waals surface area contributed by atoms with Gasteiger partial charge in [-0.05, 0) is 49.9 Å². The molecule has 3 N–H and O–H groups in total. The van der Waals surface area contributed by atoms with Crippen LogP contribution in [-0.2, 0) is 0 Å². The first-order chi connectivity index (χ1) is 11.7. The molecule has 6 heteroatoms. The first-order valence-electron chi connectivity index (χ1n) is 8.91. The minimum atomic E-state index is -0.0640. The molecule has 24 heavy (non-hydrogen) atoms. The Bertz CT molecular complexity index is 816. The van der Waals surface area contributed by atoms with Gasteiger partial charge in [-0.1, -0.05) is 12.8 Å². The molecule has 1 unspecified atom stereocenters. The Morgan fingerprint density at radius 2 is 2.04 bits per heavy atom. The van der Waals surface area contributed by atoms with Gasteiger partial charge in [0.15, 0.2) is 0 Å². The van der Waals surface area contributed by atoms with Crippen LogP contribution < -0.4 is 11.4 Å². The van der Waals surface area contributed by atoms with E-state index in [1.807, 2.05) is 27.7 Å². The van der Waals surface area contributed by atoms with Gasteiger partial charge in [0.25, 0.3) is 5.91 Å². The van der Waals surface area contributed by atoms with Gasteiger partial charge < -0.3 is 15.6 Å². The molecular weight excluding hydrogens is 304 g/mol. The zero-order valence-corrected chi connectivity index (χ0v) is 13.8. The molecule has 1 saturated carbocycles. The number of rotatable bonds is 3. The summed E-state index contributed by atoms with van der Waals surface area (Å²) >= 11 is 0.